The number of fused-ring (bicyclic) bond motifs is 3. The van der Waals surface area contributed by atoms with Crippen LogP contribution in [0.3, 0.4) is 0 Å². The van der Waals surface area contributed by atoms with E-state index in [1.165, 1.54) is 0 Å². The Labute approximate surface area is 94.8 Å². The van der Waals surface area contributed by atoms with Crippen molar-refractivity contribution in [3.8, 4) is 0 Å². The lowest BCUT2D eigenvalue weighted by Crippen LogP contribution is -2.36. The molecule has 0 heteroatoms. The highest BCUT2D eigenvalue weighted by Crippen LogP contribution is 2.57. The van der Waals surface area contributed by atoms with Gasteiger partial charge in [-0.2, -0.15) is 0 Å². The van der Waals surface area contributed by atoms with Crippen molar-refractivity contribution in [1.29, 1.82) is 0 Å². The first-order valence-corrected chi connectivity index (χ1v) is 7.18. The van der Waals surface area contributed by atoms with E-state index in [1.807, 2.05) is 0 Å². The van der Waals surface area contributed by atoms with Gasteiger partial charge in [0.25, 0.3) is 0 Å². The zero-order valence-electron chi connectivity index (χ0n) is 10.5. The Balaban J connectivity index is 1.92. The molecule has 4 atom stereocenters. The Morgan fingerprint density at radius 2 is 1.53 bits per heavy atom. The topological polar surface area (TPSA) is 0 Å². The molecule has 0 N–H and O–H groups in total. The minimum Gasteiger partial charge on any atom is -0.0622 e. The van der Waals surface area contributed by atoms with Gasteiger partial charge < -0.3 is 0 Å². The largest absolute Gasteiger partial charge is 0.0622 e. The van der Waals surface area contributed by atoms with Gasteiger partial charge in [0.2, 0.25) is 0 Å². The summed E-state index contributed by atoms with van der Waals surface area (Å²) in [5.74, 6) is 4.26. The van der Waals surface area contributed by atoms with E-state index in [4.69, 9.17) is 0 Å². The van der Waals surface area contributed by atoms with Gasteiger partial charge >= 0.3 is 0 Å². The Kier molecular flexibility index (Phi) is 2.37. The van der Waals surface area contributed by atoms with Gasteiger partial charge in [0.15, 0.2) is 0 Å². The lowest BCUT2D eigenvalue weighted by Gasteiger charge is -2.46. The summed E-state index contributed by atoms with van der Waals surface area (Å²) < 4.78 is 0. The van der Waals surface area contributed by atoms with Crippen LogP contribution < -0.4 is 0 Å². The summed E-state index contributed by atoms with van der Waals surface area (Å²) in [6, 6.07) is 0. The van der Waals surface area contributed by atoms with Crippen LogP contribution in [-0.2, 0) is 0 Å². The average Bonchev–Trinajstić information content (AvgIpc) is 2.41. The molecule has 0 amide bonds. The van der Waals surface area contributed by atoms with Crippen LogP contribution in [0.15, 0.2) is 0 Å². The van der Waals surface area contributed by atoms with Gasteiger partial charge in [-0.05, 0) is 67.6 Å². The van der Waals surface area contributed by atoms with Crippen LogP contribution in [0, 0.1) is 29.1 Å². The first-order chi connectivity index (χ1) is 7.18. The maximum Gasteiger partial charge on any atom is -0.0269 e. The molecule has 0 aromatic heterocycles. The fourth-order valence-electron chi connectivity index (χ4n) is 5.05. The molecule has 0 radical (unpaired) electrons. The van der Waals surface area contributed by atoms with Gasteiger partial charge in [-0.15, -0.1) is 0 Å². The quantitative estimate of drug-likeness (QED) is 0.586. The van der Waals surface area contributed by atoms with E-state index in [0.717, 1.165) is 29.1 Å². The van der Waals surface area contributed by atoms with Crippen molar-refractivity contribution in [3.63, 3.8) is 0 Å². The van der Waals surface area contributed by atoms with E-state index in [-0.39, 0.29) is 0 Å². The molecule has 4 bridgehead atoms. The van der Waals surface area contributed by atoms with Gasteiger partial charge in [0, 0.05) is 0 Å². The van der Waals surface area contributed by atoms with Gasteiger partial charge in [0.05, 0.1) is 0 Å². The number of hydrogen-bond donors (Lipinski definition) is 0. The van der Waals surface area contributed by atoms with Crippen molar-refractivity contribution in [2.24, 2.45) is 29.1 Å². The summed E-state index contributed by atoms with van der Waals surface area (Å²) in [7, 11) is 0. The van der Waals surface area contributed by atoms with E-state index >= 15 is 0 Å². The first-order valence-electron chi connectivity index (χ1n) is 7.18. The predicted molar refractivity (Wildman–Crippen MR) is 64.7 cm³/mol. The van der Waals surface area contributed by atoms with Crippen LogP contribution in [-0.4, -0.2) is 0 Å². The molecule has 4 unspecified atom stereocenters. The molecule has 0 heterocycles. The standard InChI is InChI=1S/C15H26/c1-11(2)15-6-5-12-3-4-13(9-15)8-14(7-12)10-15/h11-14H,3-10H2,1-2H3. The van der Waals surface area contributed by atoms with Crippen molar-refractivity contribution in [1.82, 2.24) is 0 Å². The second-order valence-corrected chi connectivity index (χ2v) is 7.11. The maximum atomic E-state index is 2.49. The molecule has 0 spiro atoms. The third kappa shape index (κ3) is 1.65. The summed E-state index contributed by atoms with van der Waals surface area (Å²) in [5.41, 5.74) is 0.767. The van der Waals surface area contributed by atoms with Crippen LogP contribution in [0.2, 0.25) is 0 Å². The molecule has 15 heavy (non-hydrogen) atoms. The van der Waals surface area contributed by atoms with Crippen LogP contribution in [0.5, 0.6) is 0 Å². The molecule has 3 aliphatic carbocycles. The molecule has 3 fully saturated rings. The van der Waals surface area contributed by atoms with E-state index < -0.39 is 0 Å². The highest BCUT2D eigenvalue weighted by Gasteiger charge is 2.46. The lowest BCUT2D eigenvalue weighted by atomic mass is 9.59. The predicted octanol–water partition coefficient (Wildman–Crippen LogP) is 4.64. The van der Waals surface area contributed by atoms with Gasteiger partial charge in [-0.25, -0.2) is 0 Å². The summed E-state index contributed by atoms with van der Waals surface area (Å²) >= 11 is 0. The van der Waals surface area contributed by atoms with E-state index in [0.29, 0.717) is 0 Å². The number of rotatable bonds is 1. The average molecular weight is 206 g/mol. The first kappa shape index (κ1) is 10.2. The van der Waals surface area contributed by atoms with Crippen molar-refractivity contribution in [2.75, 3.05) is 0 Å². The lowest BCUT2D eigenvalue weighted by molar-refractivity contribution is 0.0415. The fraction of sp³-hybridized carbons (Fsp3) is 1.00. The zero-order chi connectivity index (χ0) is 10.5. The smallest absolute Gasteiger partial charge is 0.0269 e. The SMILES string of the molecule is CC(C)C12CCC3CCC(CC(C3)C1)C2. The Morgan fingerprint density at radius 1 is 0.867 bits per heavy atom. The third-order valence-electron chi connectivity index (χ3n) is 5.98. The summed E-state index contributed by atoms with van der Waals surface area (Å²) in [5, 5.41) is 0. The van der Waals surface area contributed by atoms with E-state index in [2.05, 4.69) is 13.8 Å². The number of hydrogen-bond acceptors (Lipinski definition) is 0. The maximum absolute atomic E-state index is 2.49. The molecular formula is C15H26. The van der Waals surface area contributed by atoms with Gasteiger partial charge in [-0.1, -0.05) is 26.7 Å². The van der Waals surface area contributed by atoms with Gasteiger partial charge in [-0.3, -0.25) is 0 Å². The van der Waals surface area contributed by atoms with Crippen LogP contribution >= 0.6 is 0 Å². The normalized spacial score (nSPS) is 49.4. The molecule has 0 aromatic rings. The molecule has 3 aliphatic rings. The van der Waals surface area contributed by atoms with Crippen molar-refractivity contribution >= 4 is 0 Å². The van der Waals surface area contributed by atoms with E-state index in [1.54, 1.807) is 51.4 Å². The summed E-state index contributed by atoms with van der Waals surface area (Å²) in [4.78, 5) is 0. The molecule has 86 valence electrons. The third-order valence-corrected chi connectivity index (χ3v) is 5.98. The van der Waals surface area contributed by atoms with Crippen LogP contribution in [0.1, 0.15) is 65.2 Å². The Bertz CT molecular complexity index is 238. The zero-order valence-corrected chi connectivity index (χ0v) is 10.5. The highest BCUT2D eigenvalue weighted by atomic mass is 14.5. The monoisotopic (exact) mass is 206 g/mol. The summed E-state index contributed by atoms with van der Waals surface area (Å²) in [6.45, 7) is 4.97. The van der Waals surface area contributed by atoms with Crippen molar-refractivity contribution < 1.29 is 0 Å². The van der Waals surface area contributed by atoms with Crippen LogP contribution in [0.4, 0.5) is 0 Å². The van der Waals surface area contributed by atoms with Crippen LogP contribution in [0.25, 0.3) is 0 Å². The minimum absolute atomic E-state index is 0.767. The molecule has 0 aromatic carbocycles. The van der Waals surface area contributed by atoms with Crippen molar-refractivity contribution in [2.45, 2.75) is 65.2 Å². The molecule has 0 saturated heterocycles. The molecule has 0 aliphatic heterocycles. The fourth-order valence-corrected chi connectivity index (χ4v) is 5.05. The minimum atomic E-state index is 0.767. The Hall–Kier alpha value is 0. The van der Waals surface area contributed by atoms with E-state index in [9.17, 15) is 0 Å². The summed E-state index contributed by atoms with van der Waals surface area (Å²) in [6.07, 6.45) is 12.6. The second kappa shape index (κ2) is 3.50. The molecular weight excluding hydrogens is 180 g/mol. The molecule has 3 saturated carbocycles. The van der Waals surface area contributed by atoms with Gasteiger partial charge in [0.1, 0.15) is 0 Å². The highest BCUT2D eigenvalue weighted by molar-refractivity contribution is 4.97. The molecule has 0 nitrogen and oxygen atoms in total. The van der Waals surface area contributed by atoms with Crippen molar-refractivity contribution in [3.05, 3.63) is 0 Å². The molecule has 3 rings (SSSR count). The second-order valence-electron chi connectivity index (χ2n) is 7.11. The Morgan fingerprint density at radius 3 is 2.33 bits per heavy atom.